The lowest BCUT2D eigenvalue weighted by Crippen LogP contribution is -2.43. The summed E-state index contributed by atoms with van der Waals surface area (Å²) in [4.78, 5) is 29.6. The lowest BCUT2D eigenvalue weighted by atomic mass is 10.1. The van der Waals surface area contributed by atoms with Crippen LogP contribution in [0.2, 0.25) is 0 Å². The van der Waals surface area contributed by atoms with Gasteiger partial charge in [0.15, 0.2) is 0 Å². The number of benzene rings is 1. The molecule has 140 valence electrons. The normalized spacial score (nSPS) is 17.8. The second-order valence-electron chi connectivity index (χ2n) is 7.84. The van der Waals surface area contributed by atoms with Crippen molar-refractivity contribution in [1.82, 2.24) is 15.2 Å². The third-order valence-corrected chi connectivity index (χ3v) is 4.97. The molecule has 0 spiro atoms. The predicted octanol–water partition coefficient (Wildman–Crippen LogP) is 2.48. The summed E-state index contributed by atoms with van der Waals surface area (Å²) in [5.41, 5.74) is 1.95. The van der Waals surface area contributed by atoms with E-state index in [1.54, 1.807) is 12.0 Å². The minimum absolute atomic E-state index is 0.0393. The molecule has 1 atom stereocenters. The van der Waals surface area contributed by atoms with Gasteiger partial charge in [0.1, 0.15) is 5.75 Å². The second-order valence-corrected chi connectivity index (χ2v) is 7.84. The van der Waals surface area contributed by atoms with E-state index in [0.29, 0.717) is 19.5 Å². The van der Waals surface area contributed by atoms with Gasteiger partial charge in [0.25, 0.3) is 0 Å². The molecule has 0 bridgehead atoms. The number of ether oxygens (including phenoxy) is 1. The average molecular weight is 357 g/mol. The number of fused-ring (bicyclic) bond motifs is 1. The number of aromatic amines is 1. The Morgan fingerprint density at radius 2 is 2.15 bits per heavy atom. The Hall–Kier alpha value is -2.50. The van der Waals surface area contributed by atoms with Gasteiger partial charge in [-0.15, -0.1) is 0 Å². The number of carbonyl (C=O) groups excluding carboxylic acids is 2. The summed E-state index contributed by atoms with van der Waals surface area (Å²) in [6, 6.07) is 5.91. The average Bonchev–Trinajstić information content (AvgIpc) is 3.17. The number of likely N-dealkylation sites (tertiary alicyclic amines) is 1. The molecular weight excluding hydrogens is 330 g/mol. The lowest BCUT2D eigenvalue weighted by Gasteiger charge is -2.31. The Balaban J connectivity index is 1.57. The molecule has 0 radical (unpaired) electrons. The summed E-state index contributed by atoms with van der Waals surface area (Å²) in [6.07, 6.45) is 2.99. The third kappa shape index (κ3) is 3.69. The molecule has 2 N–H and O–H groups in total. The van der Waals surface area contributed by atoms with Gasteiger partial charge in [-0.05, 0) is 51.0 Å². The molecule has 1 fully saturated rings. The van der Waals surface area contributed by atoms with Crippen LogP contribution in [0.4, 0.5) is 0 Å². The predicted molar refractivity (Wildman–Crippen MR) is 101 cm³/mol. The van der Waals surface area contributed by atoms with Gasteiger partial charge in [0, 0.05) is 42.1 Å². The smallest absolute Gasteiger partial charge is 0.225 e. The molecule has 0 saturated carbocycles. The van der Waals surface area contributed by atoms with Crippen molar-refractivity contribution in [2.45, 2.75) is 39.2 Å². The number of hydrogen-bond acceptors (Lipinski definition) is 3. The summed E-state index contributed by atoms with van der Waals surface area (Å²) in [5, 5.41) is 4.09. The van der Waals surface area contributed by atoms with Crippen LogP contribution in [0, 0.1) is 5.92 Å². The minimum atomic E-state index is -0.259. The maximum Gasteiger partial charge on any atom is 0.225 e. The Morgan fingerprint density at radius 1 is 1.38 bits per heavy atom. The third-order valence-electron chi connectivity index (χ3n) is 4.97. The van der Waals surface area contributed by atoms with Gasteiger partial charge in [-0.25, -0.2) is 0 Å². The number of aromatic nitrogens is 1. The number of carbonyl (C=O) groups is 2. The maximum absolute atomic E-state index is 12.4. The van der Waals surface area contributed by atoms with E-state index in [-0.39, 0.29) is 23.3 Å². The molecule has 3 rings (SSSR count). The van der Waals surface area contributed by atoms with Crippen LogP contribution < -0.4 is 10.1 Å². The van der Waals surface area contributed by atoms with E-state index in [9.17, 15) is 9.59 Å². The van der Waals surface area contributed by atoms with E-state index in [4.69, 9.17) is 4.74 Å². The van der Waals surface area contributed by atoms with Crippen LogP contribution in [0.5, 0.6) is 5.75 Å². The number of amides is 2. The van der Waals surface area contributed by atoms with E-state index < -0.39 is 0 Å². The quantitative estimate of drug-likeness (QED) is 0.863. The van der Waals surface area contributed by atoms with Crippen molar-refractivity contribution >= 4 is 22.7 Å². The van der Waals surface area contributed by atoms with Gasteiger partial charge in [-0.2, -0.15) is 0 Å². The van der Waals surface area contributed by atoms with E-state index in [1.807, 2.05) is 45.2 Å². The molecule has 1 aromatic carbocycles. The van der Waals surface area contributed by atoms with Gasteiger partial charge in [-0.3, -0.25) is 9.59 Å². The monoisotopic (exact) mass is 357 g/mol. The van der Waals surface area contributed by atoms with Gasteiger partial charge < -0.3 is 19.9 Å². The topological polar surface area (TPSA) is 74.4 Å². The van der Waals surface area contributed by atoms with Gasteiger partial charge >= 0.3 is 0 Å². The molecule has 2 heterocycles. The van der Waals surface area contributed by atoms with E-state index in [1.165, 1.54) is 0 Å². The highest BCUT2D eigenvalue weighted by molar-refractivity contribution is 5.89. The van der Waals surface area contributed by atoms with Crippen molar-refractivity contribution in [3.8, 4) is 5.75 Å². The summed E-state index contributed by atoms with van der Waals surface area (Å²) < 4.78 is 5.28. The van der Waals surface area contributed by atoms with Gasteiger partial charge in [0.2, 0.25) is 11.8 Å². The number of methoxy groups -OCH3 is 1. The first-order chi connectivity index (χ1) is 12.3. The zero-order chi connectivity index (χ0) is 18.9. The van der Waals surface area contributed by atoms with Crippen molar-refractivity contribution in [1.29, 1.82) is 0 Å². The Bertz CT molecular complexity index is 819. The lowest BCUT2D eigenvalue weighted by molar-refractivity contribution is -0.132. The summed E-state index contributed by atoms with van der Waals surface area (Å²) >= 11 is 0. The zero-order valence-corrected chi connectivity index (χ0v) is 15.9. The molecule has 6 nitrogen and oxygen atoms in total. The number of nitrogens with zero attached hydrogens (tertiary/aromatic N) is 1. The standard InChI is InChI=1S/C20H27N3O3/c1-20(2,3)23-12-14(9-18(23)24)19(25)21-8-7-13-11-22-17-6-5-15(26-4)10-16(13)17/h5-6,10-11,14,22H,7-9,12H2,1-4H3,(H,21,25)/t14-/m0/s1. The van der Waals surface area contributed by atoms with Gasteiger partial charge in [-0.1, -0.05) is 0 Å². The van der Waals surface area contributed by atoms with Crippen molar-refractivity contribution in [3.05, 3.63) is 30.0 Å². The van der Waals surface area contributed by atoms with Crippen LogP contribution in [0.25, 0.3) is 10.9 Å². The number of hydrogen-bond donors (Lipinski definition) is 2. The van der Waals surface area contributed by atoms with Crippen LogP contribution in [0.3, 0.4) is 0 Å². The first kappa shape index (κ1) is 18.3. The fourth-order valence-corrected chi connectivity index (χ4v) is 3.49. The second kappa shape index (κ2) is 7.02. The maximum atomic E-state index is 12.4. The van der Waals surface area contributed by atoms with Crippen LogP contribution in [0.15, 0.2) is 24.4 Å². The fourth-order valence-electron chi connectivity index (χ4n) is 3.49. The molecule has 1 aliphatic rings. The van der Waals surface area contributed by atoms with Crippen molar-refractivity contribution < 1.29 is 14.3 Å². The van der Waals surface area contributed by atoms with E-state index >= 15 is 0 Å². The molecule has 0 unspecified atom stereocenters. The highest BCUT2D eigenvalue weighted by Crippen LogP contribution is 2.26. The van der Waals surface area contributed by atoms with Crippen LogP contribution in [-0.2, 0) is 16.0 Å². The Kier molecular flexibility index (Phi) is 4.94. The van der Waals surface area contributed by atoms with Crippen LogP contribution in [-0.4, -0.2) is 47.4 Å². The molecule has 26 heavy (non-hydrogen) atoms. The number of nitrogens with one attached hydrogen (secondary N) is 2. The molecule has 6 heteroatoms. The minimum Gasteiger partial charge on any atom is -0.497 e. The van der Waals surface area contributed by atoms with Gasteiger partial charge in [0.05, 0.1) is 13.0 Å². The SMILES string of the molecule is COc1ccc2[nH]cc(CCNC(=O)[C@H]3CC(=O)N(C(C)(C)C)C3)c2c1. The Labute approximate surface area is 153 Å². The molecule has 1 aliphatic heterocycles. The molecule has 1 aromatic heterocycles. The summed E-state index contributed by atoms with van der Waals surface area (Å²) in [7, 11) is 1.65. The molecule has 2 aromatic rings. The largest absolute Gasteiger partial charge is 0.497 e. The van der Waals surface area contributed by atoms with Crippen molar-refractivity contribution in [3.63, 3.8) is 0 Å². The fraction of sp³-hybridized carbons (Fsp3) is 0.500. The molecular formula is C20H27N3O3. The first-order valence-electron chi connectivity index (χ1n) is 9.02. The summed E-state index contributed by atoms with van der Waals surface area (Å²) in [5.74, 6) is 0.572. The molecule has 0 aliphatic carbocycles. The van der Waals surface area contributed by atoms with E-state index in [0.717, 1.165) is 28.6 Å². The van der Waals surface area contributed by atoms with Crippen LogP contribution >= 0.6 is 0 Å². The number of H-pyrrole nitrogens is 1. The van der Waals surface area contributed by atoms with Crippen LogP contribution in [0.1, 0.15) is 32.8 Å². The van der Waals surface area contributed by atoms with E-state index in [2.05, 4.69) is 10.3 Å². The molecule has 1 saturated heterocycles. The highest BCUT2D eigenvalue weighted by atomic mass is 16.5. The molecule has 2 amide bonds. The van der Waals surface area contributed by atoms with Crippen molar-refractivity contribution in [2.75, 3.05) is 20.2 Å². The zero-order valence-electron chi connectivity index (χ0n) is 15.9. The Morgan fingerprint density at radius 3 is 2.81 bits per heavy atom. The summed E-state index contributed by atoms with van der Waals surface area (Å²) in [6.45, 7) is 7.03. The number of rotatable bonds is 5. The first-order valence-corrected chi connectivity index (χ1v) is 9.02. The highest BCUT2D eigenvalue weighted by Gasteiger charge is 2.39. The van der Waals surface area contributed by atoms with Crippen molar-refractivity contribution in [2.24, 2.45) is 5.92 Å².